The van der Waals surface area contributed by atoms with Crippen LogP contribution in [-0.4, -0.2) is 24.6 Å². The van der Waals surface area contributed by atoms with Crippen LogP contribution in [-0.2, 0) is 9.73 Å². The number of rotatable bonds is 2. The lowest BCUT2D eigenvalue weighted by molar-refractivity contribution is 0.679. The summed E-state index contributed by atoms with van der Waals surface area (Å²) in [4.78, 5) is 2.55. The Balaban J connectivity index is 3.08. The van der Waals surface area contributed by atoms with Gasteiger partial charge in [-0.15, -0.1) is 0 Å². The van der Waals surface area contributed by atoms with E-state index < -0.39 is 9.73 Å². The van der Waals surface area contributed by atoms with Crippen molar-refractivity contribution in [3.05, 3.63) is 24.3 Å². The molecule has 0 bridgehead atoms. The van der Waals surface area contributed by atoms with E-state index in [1.165, 1.54) is 6.26 Å². The lowest BCUT2D eigenvalue weighted by atomic mass is 10.3. The Hall–Kier alpha value is -1.03. The van der Waals surface area contributed by atoms with E-state index in [1.807, 2.05) is 31.1 Å². The summed E-state index contributed by atoms with van der Waals surface area (Å²) in [5.41, 5.74) is 1.05. The van der Waals surface area contributed by atoms with Crippen LogP contribution in [0.2, 0.25) is 0 Å². The highest BCUT2D eigenvalue weighted by atomic mass is 32.2. The van der Waals surface area contributed by atoms with Crippen LogP contribution in [0, 0.1) is 4.78 Å². The zero-order valence-electron chi connectivity index (χ0n) is 8.07. The van der Waals surface area contributed by atoms with Gasteiger partial charge in [0.05, 0.1) is 9.73 Å². The minimum atomic E-state index is -2.56. The second kappa shape index (κ2) is 3.38. The van der Waals surface area contributed by atoms with Crippen LogP contribution in [0.1, 0.15) is 0 Å². The molecular weight excluding hydrogens is 184 g/mol. The predicted molar refractivity (Wildman–Crippen MR) is 55.8 cm³/mol. The van der Waals surface area contributed by atoms with Gasteiger partial charge in [0.1, 0.15) is 0 Å². The molecule has 1 atom stereocenters. The standard InChI is InChI=1S/C9H14N2OS/c1-11(2)8-4-6-9(7-5-8)13(3,10)12/h4-7,10H,1-3H3/t13-/m1/s1. The third kappa shape index (κ3) is 2.45. The Morgan fingerprint density at radius 3 is 2.00 bits per heavy atom. The molecule has 13 heavy (non-hydrogen) atoms. The van der Waals surface area contributed by atoms with Crippen molar-refractivity contribution in [2.24, 2.45) is 0 Å². The summed E-state index contributed by atoms with van der Waals surface area (Å²) in [5.74, 6) is 0. The van der Waals surface area contributed by atoms with Crippen LogP contribution in [0.25, 0.3) is 0 Å². The number of benzene rings is 1. The molecule has 4 heteroatoms. The van der Waals surface area contributed by atoms with Crippen LogP contribution >= 0.6 is 0 Å². The normalized spacial score (nSPS) is 15.0. The minimum Gasteiger partial charge on any atom is -0.378 e. The van der Waals surface area contributed by atoms with E-state index in [4.69, 9.17) is 4.78 Å². The van der Waals surface area contributed by atoms with E-state index >= 15 is 0 Å². The smallest absolute Gasteiger partial charge is 0.0696 e. The third-order valence-electron chi connectivity index (χ3n) is 1.80. The monoisotopic (exact) mass is 198 g/mol. The summed E-state index contributed by atoms with van der Waals surface area (Å²) in [6, 6.07) is 7.22. The van der Waals surface area contributed by atoms with Gasteiger partial charge in [-0.25, -0.2) is 8.99 Å². The maximum atomic E-state index is 11.3. The lowest BCUT2D eigenvalue weighted by Gasteiger charge is -2.12. The van der Waals surface area contributed by atoms with Crippen LogP contribution in [0.3, 0.4) is 0 Å². The van der Waals surface area contributed by atoms with Gasteiger partial charge in [-0.2, -0.15) is 0 Å². The topological polar surface area (TPSA) is 44.2 Å². The van der Waals surface area contributed by atoms with Crippen molar-refractivity contribution in [1.29, 1.82) is 4.78 Å². The Labute approximate surface area is 79.4 Å². The fraction of sp³-hybridized carbons (Fsp3) is 0.333. The molecule has 0 unspecified atom stereocenters. The average molecular weight is 198 g/mol. The average Bonchev–Trinajstić information content (AvgIpc) is 2.03. The Morgan fingerprint density at radius 2 is 1.69 bits per heavy atom. The summed E-state index contributed by atoms with van der Waals surface area (Å²) in [6.07, 6.45) is 1.43. The van der Waals surface area contributed by atoms with Gasteiger partial charge < -0.3 is 4.90 Å². The molecule has 0 heterocycles. The van der Waals surface area contributed by atoms with E-state index in [-0.39, 0.29) is 0 Å². The quantitative estimate of drug-likeness (QED) is 0.787. The Kier molecular flexibility index (Phi) is 2.61. The maximum Gasteiger partial charge on any atom is 0.0696 e. The van der Waals surface area contributed by atoms with Gasteiger partial charge >= 0.3 is 0 Å². The predicted octanol–water partition coefficient (Wildman–Crippen LogP) is 1.79. The maximum absolute atomic E-state index is 11.3. The van der Waals surface area contributed by atoms with Gasteiger partial charge in [0, 0.05) is 30.9 Å². The van der Waals surface area contributed by atoms with Crippen molar-refractivity contribution in [3.8, 4) is 0 Å². The van der Waals surface area contributed by atoms with Gasteiger partial charge in [0.2, 0.25) is 0 Å². The highest BCUT2D eigenvalue weighted by Crippen LogP contribution is 2.15. The van der Waals surface area contributed by atoms with Gasteiger partial charge in [0.15, 0.2) is 0 Å². The van der Waals surface area contributed by atoms with E-state index in [2.05, 4.69) is 0 Å². The SMILES string of the molecule is CN(C)c1ccc([S@](C)(=N)=O)cc1. The fourth-order valence-electron chi connectivity index (χ4n) is 1.00. The van der Waals surface area contributed by atoms with E-state index in [0.717, 1.165) is 5.69 Å². The van der Waals surface area contributed by atoms with Gasteiger partial charge in [-0.1, -0.05) is 0 Å². The van der Waals surface area contributed by atoms with Gasteiger partial charge in [0.25, 0.3) is 0 Å². The molecule has 0 saturated carbocycles. The first-order chi connectivity index (χ1) is 5.91. The molecule has 0 aliphatic heterocycles. The van der Waals surface area contributed by atoms with Gasteiger partial charge in [-0.3, -0.25) is 0 Å². The molecule has 72 valence electrons. The molecule has 1 N–H and O–H groups in total. The number of hydrogen-bond acceptors (Lipinski definition) is 3. The number of hydrogen-bond donors (Lipinski definition) is 1. The summed E-state index contributed by atoms with van der Waals surface area (Å²) in [7, 11) is 1.32. The minimum absolute atomic E-state index is 0.582. The van der Waals surface area contributed by atoms with Crippen LogP contribution in [0.4, 0.5) is 5.69 Å². The summed E-state index contributed by atoms with van der Waals surface area (Å²) in [6.45, 7) is 0. The molecule has 3 nitrogen and oxygen atoms in total. The van der Waals surface area contributed by atoms with Crippen molar-refractivity contribution >= 4 is 15.4 Å². The van der Waals surface area contributed by atoms with Crippen LogP contribution in [0.15, 0.2) is 29.2 Å². The molecule has 1 aromatic rings. The van der Waals surface area contributed by atoms with Crippen molar-refractivity contribution in [1.82, 2.24) is 0 Å². The Morgan fingerprint density at radius 1 is 1.23 bits per heavy atom. The number of nitrogens with zero attached hydrogens (tertiary/aromatic N) is 1. The molecule has 0 aliphatic rings. The zero-order valence-corrected chi connectivity index (χ0v) is 8.89. The molecule has 1 rings (SSSR count). The molecule has 1 aromatic carbocycles. The largest absolute Gasteiger partial charge is 0.378 e. The summed E-state index contributed by atoms with van der Waals surface area (Å²) >= 11 is 0. The van der Waals surface area contributed by atoms with Crippen molar-refractivity contribution in [3.63, 3.8) is 0 Å². The van der Waals surface area contributed by atoms with Crippen molar-refractivity contribution in [2.75, 3.05) is 25.3 Å². The second-order valence-corrected chi connectivity index (χ2v) is 5.39. The number of anilines is 1. The summed E-state index contributed by atoms with van der Waals surface area (Å²) < 4.78 is 18.7. The fourth-order valence-corrected chi connectivity index (χ4v) is 1.66. The van der Waals surface area contributed by atoms with E-state index in [0.29, 0.717) is 4.90 Å². The first kappa shape index (κ1) is 10.1. The molecule has 0 aliphatic carbocycles. The first-order valence-electron chi connectivity index (χ1n) is 3.92. The first-order valence-corrected chi connectivity index (χ1v) is 5.89. The second-order valence-electron chi connectivity index (χ2n) is 3.23. The van der Waals surface area contributed by atoms with Crippen molar-refractivity contribution in [2.45, 2.75) is 4.90 Å². The van der Waals surface area contributed by atoms with Gasteiger partial charge in [-0.05, 0) is 24.3 Å². The van der Waals surface area contributed by atoms with Crippen molar-refractivity contribution < 1.29 is 4.21 Å². The molecular formula is C9H14N2OS. The zero-order chi connectivity index (χ0) is 10.1. The van der Waals surface area contributed by atoms with E-state index in [9.17, 15) is 4.21 Å². The lowest BCUT2D eigenvalue weighted by Crippen LogP contribution is -2.08. The molecule has 0 aromatic heterocycles. The summed E-state index contributed by atoms with van der Waals surface area (Å²) in [5, 5.41) is 0. The third-order valence-corrected chi connectivity index (χ3v) is 2.97. The molecule has 0 spiro atoms. The van der Waals surface area contributed by atoms with Crippen LogP contribution < -0.4 is 4.90 Å². The highest BCUT2D eigenvalue weighted by Gasteiger charge is 2.02. The molecule has 0 saturated heterocycles. The Bertz CT molecular complexity index is 379. The van der Waals surface area contributed by atoms with Crippen LogP contribution in [0.5, 0.6) is 0 Å². The molecule has 0 amide bonds. The highest BCUT2D eigenvalue weighted by molar-refractivity contribution is 7.91. The molecule has 0 radical (unpaired) electrons. The number of nitrogens with one attached hydrogen (secondary N) is 1. The molecule has 0 fully saturated rings. The van der Waals surface area contributed by atoms with E-state index in [1.54, 1.807) is 12.1 Å².